The molecule has 63 heavy (non-hydrogen) atoms. The minimum Gasteiger partial charge on any atom is -0.477 e. The Bertz CT molecular complexity index is 2650. The molecule has 0 saturated carbocycles. The van der Waals surface area contributed by atoms with Gasteiger partial charge < -0.3 is 25.3 Å². The summed E-state index contributed by atoms with van der Waals surface area (Å²) in [5, 5.41) is 22.5. The largest absolute Gasteiger partial charge is 0.477 e. The lowest BCUT2D eigenvalue weighted by molar-refractivity contribution is -0.662. The molecule has 3 aromatic heterocycles. The van der Waals surface area contributed by atoms with Gasteiger partial charge in [0.25, 0.3) is 17.5 Å². The summed E-state index contributed by atoms with van der Waals surface area (Å²) < 4.78 is 9.42. The van der Waals surface area contributed by atoms with Crippen molar-refractivity contribution in [2.24, 2.45) is 5.16 Å². The average Bonchev–Trinajstić information content (AvgIpc) is 3.91. The summed E-state index contributed by atoms with van der Waals surface area (Å²) in [6.45, 7) is 8.38. The molecule has 16 heteroatoms. The molecule has 0 spiro atoms. The number of benzene rings is 3. The minimum absolute atomic E-state index is 0.105. The number of esters is 1. The Balaban J connectivity index is 1.11. The Labute approximate surface area is 372 Å². The number of thiazole rings is 1. The molecule has 6 aromatic rings. The monoisotopic (exact) mass is 884 g/mol. The molecule has 2 amide bonds. The number of β-lactam (4-membered cyclic amide) rings is 1. The minimum atomic E-state index is -1.64. The van der Waals surface area contributed by atoms with Crippen LogP contribution in [0.4, 0.5) is 5.13 Å². The number of fused-ring (bicyclic) bond motifs is 2. The number of carbonyl (C=O) groups excluding carboxylic acids is 3. The van der Waals surface area contributed by atoms with Gasteiger partial charge in [-0.05, 0) is 57.4 Å². The summed E-state index contributed by atoms with van der Waals surface area (Å²) in [4.78, 5) is 66.3. The van der Waals surface area contributed by atoms with Gasteiger partial charge in [0, 0.05) is 22.8 Å². The number of carbonyl (C=O) groups is 4. The number of pyridine rings is 1. The van der Waals surface area contributed by atoms with E-state index in [-0.39, 0.29) is 23.6 Å². The van der Waals surface area contributed by atoms with Gasteiger partial charge in [0.05, 0.1) is 6.20 Å². The number of anilines is 1. The fraction of sp³-hybridized carbons (Fsp3) is 0.255. The number of ether oxygens (including phenoxy) is 1. The van der Waals surface area contributed by atoms with Crippen molar-refractivity contribution in [2.75, 3.05) is 11.1 Å². The Hall–Kier alpha value is -6.78. The molecule has 0 bridgehead atoms. The van der Waals surface area contributed by atoms with Crippen molar-refractivity contribution < 1.29 is 38.4 Å². The van der Waals surface area contributed by atoms with Gasteiger partial charge in [0.15, 0.2) is 10.8 Å². The quantitative estimate of drug-likeness (QED) is 0.0280. The molecule has 1 saturated heterocycles. The third-order valence-corrected chi connectivity index (χ3v) is 12.7. The number of aliphatic carboxylic acids is 1. The van der Waals surface area contributed by atoms with E-state index >= 15 is 0 Å². The highest BCUT2D eigenvalue weighted by Crippen LogP contribution is 2.42. The summed E-state index contributed by atoms with van der Waals surface area (Å²) in [6.07, 6.45) is 5.63. The van der Waals surface area contributed by atoms with Crippen molar-refractivity contribution in [3.8, 4) is 0 Å². The van der Waals surface area contributed by atoms with Crippen LogP contribution < -0.4 is 15.2 Å². The molecule has 5 heterocycles. The van der Waals surface area contributed by atoms with Gasteiger partial charge in [-0.25, -0.2) is 23.5 Å². The topological polar surface area (TPSA) is 168 Å². The first-order valence-corrected chi connectivity index (χ1v) is 22.2. The number of carboxylic acid groups (broad SMARTS) is 1. The van der Waals surface area contributed by atoms with Crippen LogP contribution in [0.3, 0.4) is 0 Å². The number of nitrogens with zero attached hydrogens (tertiary/aromatic N) is 5. The van der Waals surface area contributed by atoms with Crippen LogP contribution in [-0.2, 0) is 40.8 Å². The lowest BCUT2D eigenvalue weighted by atomic mass is 9.77. The Morgan fingerprint density at radius 3 is 2.06 bits per heavy atom. The highest BCUT2D eigenvalue weighted by molar-refractivity contribution is 8.00. The molecule has 0 unspecified atom stereocenters. The molecular formula is C47H46N7O7S2+. The van der Waals surface area contributed by atoms with Crippen molar-refractivity contribution >= 4 is 63.3 Å². The van der Waals surface area contributed by atoms with Crippen molar-refractivity contribution in [3.05, 3.63) is 167 Å². The second-order valence-electron chi connectivity index (χ2n) is 16.6. The van der Waals surface area contributed by atoms with Gasteiger partial charge >= 0.3 is 11.9 Å². The Kier molecular flexibility index (Phi) is 11.7. The maximum absolute atomic E-state index is 14.4. The highest BCUT2D eigenvalue weighted by Gasteiger charge is 2.55. The van der Waals surface area contributed by atoms with Gasteiger partial charge in [-0.3, -0.25) is 14.5 Å². The van der Waals surface area contributed by atoms with E-state index in [9.17, 15) is 24.3 Å². The van der Waals surface area contributed by atoms with Crippen LogP contribution >= 0.6 is 23.1 Å². The summed E-state index contributed by atoms with van der Waals surface area (Å²) in [6, 6.07) is 34.5. The van der Waals surface area contributed by atoms with Gasteiger partial charge in [0.1, 0.15) is 52.9 Å². The first-order valence-electron chi connectivity index (χ1n) is 20.2. The van der Waals surface area contributed by atoms with Gasteiger partial charge in [0.2, 0.25) is 5.60 Å². The second kappa shape index (κ2) is 17.2. The van der Waals surface area contributed by atoms with Crippen LogP contribution in [-0.4, -0.2) is 77.2 Å². The first kappa shape index (κ1) is 42.9. The Morgan fingerprint density at radius 2 is 1.48 bits per heavy atom. The lowest BCUT2D eigenvalue weighted by Crippen LogP contribution is -2.71. The van der Waals surface area contributed by atoms with Crippen LogP contribution in [0.25, 0.3) is 5.65 Å². The van der Waals surface area contributed by atoms with Crippen molar-refractivity contribution in [1.82, 2.24) is 19.6 Å². The van der Waals surface area contributed by atoms with Crippen molar-refractivity contribution in [3.63, 3.8) is 0 Å². The van der Waals surface area contributed by atoms with E-state index in [2.05, 4.69) is 15.8 Å². The van der Waals surface area contributed by atoms with Crippen LogP contribution in [0.5, 0.6) is 0 Å². The number of carboxylic acids is 1. The fourth-order valence-corrected chi connectivity index (χ4v) is 9.67. The maximum atomic E-state index is 14.4. The summed E-state index contributed by atoms with van der Waals surface area (Å²) in [5.41, 5.74) is 0.513. The Morgan fingerprint density at radius 1 is 0.873 bits per heavy atom. The molecule has 14 nitrogen and oxygen atoms in total. The van der Waals surface area contributed by atoms with Crippen molar-refractivity contribution in [1.29, 1.82) is 0 Å². The molecule has 0 aliphatic carbocycles. The molecule has 2 aliphatic heterocycles. The molecule has 0 radical (unpaired) electrons. The van der Waals surface area contributed by atoms with E-state index in [1.807, 2.05) is 137 Å². The third-order valence-electron chi connectivity index (χ3n) is 10.6. The number of rotatable bonds is 14. The standard InChI is InChI=1S/C47H45N7O7S2/c1-45(2,3)60-43(59)46(4,5)61-51-36(34-29-63-44(48-34)50-47(31-17-9-6-10-18-31,32-19-11-7-12-20-32)33-21-13-8-14-22-33)39(55)49-37-40(56)54-38(42(57)58)30(28-62-41(37)54)27-53-26-25-52-24-16-15-23-35(52)53/h6-26,29,37,41H,27-28H2,1-5H3,(H2-,48,49,50,55,57,58)/p+1/b51-36-/t37-,41+/m1/s1. The van der Waals surface area contributed by atoms with E-state index in [1.165, 1.54) is 41.8 Å². The van der Waals surface area contributed by atoms with Gasteiger partial charge in [-0.1, -0.05) is 102 Å². The number of oxime groups is 1. The molecule has 3 N–H and O–H groups in total. The van der Waals surface area contributed by atoms with E-state index in [4.69, 9.17) is 14.6 Å². The number of imidazole rings is 1. The summed E-state index contributed by atoms with van der Waals surface area (Å²) >= 11 is 2.59. The average molecular weight is 885 g/mol. The molecule has 8 rings (SSSR count). The zero-order chi connectivity index (χ0) is 44.5. The van der Waals surface area contributed by atoms with E-state index in [1.54, 1.807) is 26.2 Å². The summed E-state index contributed by atoms with van der Waals surface area (Å²) in [7, 11) is 0. The zero-order valence-corrected chi connectivity index (χ0v) is 36.9. The zero-order valence-electron chi connectivity index (χ0n) is 35.2. The predicted molar refractivity (Wildman–Crippen MR) is 240 cm³/mol. The fourth-order valence-electron chi connectivity index (χ4n) is 7.58. The summed E-state index contributed by atoms with van der Waals surface area (Å²) in [5.74, 6) is -3.04. The molecule has 1 fully saturated rings. The van der Waals surface area contributed by atoms with Crippen molar-refractivity contribution in [2.45, 2.75) is 69.3 Å². The number of nitrogens with one attached hydrogen (secondary N) is 2. The molecule has 2 aliphatic rings. The molecule has 3 aromatic carbocycles. The SMILES string of the molecule is CC(C)(C)OC(=O)C(C)(C)O/N=C(\C(=O)N[C@@H]1C(=O)N2C(C(=O)O)=C(C[n+]3ccn4ccccc43)CS[C@@H]12)c1csc(NC(c2ccccc2)(c2ccccc2)c2ccccc2)n1. The van der Waals surface area contributed by atoms with Crippen LogP contribution in [0.1, 0.15) is 57.0 Å². The first-order chi connectivity index (χ1) is 30.2. The van der Waals surface area contributed by atoms with E-state index in [0.29, 0.717) is 16.5 Å². The second-order valence-corrected chi connectivity index (χ2v) is 18.5. The number of aromatic nitrogens is 3. The highest BCUT2D eigenvalue weighted by atomic mass is 32.2. The number of hydrogen-bond acceptors (Lipinski definition) is 11. The molecule has 2 atom stereocenters. The van der Waals surface area contributed by atoms with E-state index in [0.717, 1.165) is 22.3 Å². The van der Waals surface area contributed by atoms with Crippen LogP contribution in [0, 0.1) is 0 Å². The van der Waals surface area contributed by atoms with Gasteiger partial charge in [-0.15, -0.1) is 23.1 Å². The smallest absolute Gasteiger partial charge is 0.353 e. The van der Waals surface area contributed by atoms with E-state index < -0.39 is 51.9 Å². The predicted octanol–water partition coefficient (Wildman–Crippen LogP) is 6.37. The number of amides is 2. The normalized spacial score (nSPS) is 16.9. The maximum Gasteiger partial charge on any atom is 0.353 e. The molecule has 322 valence electrons. The number of hydrogen-bond donors (Lipinski definition) is 3. The van der Waals surface area contributed by atoms with Crippen LogP contribution in [0.2, 0.25) is 0 Å². The third kappa shape index (κ3) is 8.55. The lowest BCUT2D eigenvalue weighted by Gasteiger charge is -2.49. The molecular weight excluding hydrogens is 839 g/mol. The number of thioether (sulfide) groups is 1. The van der Waals surface area contributed by atoms with Gasteiger partial charge in [-0.2, -0.15) is 0 Å². The van der Waals surface area contributed by atoms with Crippen LogP contribution in [0.15, 0.2) is 150 Å².